The summed E-state index contributed by atoms with van der Waals surface area (Å²) in [7, 11) is 1.40. The van der Waals surface area contributed by atoms with Gasteiger partial charge in [0.1, 0.15) is 0 Å². The van der Waals surface area contributed by atoms with E-state index in [1.165, 1.54) is 19.4 Å². The van der Waals surface area contributed by atoms with Crippen molar-refractivity contribution in [3.05, 3.63) is 22.2 Å². The Morgan fingerprint density at radius 3 is 2.78 bits per heavy atom. The van der Waals surface area contributed by atoms with E-state index in [4.69, 9.17) is 10.5 Å². The van der Waals surface area contributed by atoms with Gasteiger partial charge in [-0.05, 0) is 33.6 Å². The second-order valence-corrected chi connectivity index (χ2v) is 3.97. The molecule has 8 heteroatoms. The second kappa shape index (κ2) is 6.01. The van der Waals surface area contributed by atoms with Crippen LogP contribution in [0.15, 0.2) is 21.7 Å². The van der Waals surface area contributed by atoms with Gasteiger partial charge in [-0.2, -0.15) is 5.10 Å². The Bertz CT molecular complexity index is 516. The van der Waals surface area contributed by atoms with E-state index in [-0.39, 0.29) is 11.5 Å². The number of carbonyl (C=O) groups excluding carboxylic acids is 2. The highest BCUT2D eigenvalue weighted by molar-refractivity contribution is 9.10. The number of phenolic OH excluding ortho intramolecular Hbond substituents is 1. The number of amides is 2. The van der Waals surface area contributed by atoms with Crippen LogP contribution in [-0.2, 0) is 9.59 Å². The summed E-state index contributed by atoms with van der Waals surface area (Å²) in [6.45, 7) is 0. The number of rotatable bonds is 3. The molecule has 0 unspecified atom stereocenters. The molecule has 0 aliphatic heterocycles. The number of hydrogen-bond donors (Lipinski definition) is 3. The topological polar surface area (TPSA) is 114 Å². The summed E-state index contributed by atoms with van der Waals surface area (Å²) in [5, 5.41) is 13.1. The molecule has 0 bridgehead atoms. The largest absolute Gasteiger partial charge is 0.503 e. The number of nitrogens with one attached hydrogen (secondary N) is 1. The standard InChI is InChI=1S/C10H10BrN3O4/c1-18-7-3-5(2-6(11)8(7)15)4-13-14-10(17)9(12)16/h2-4,15H,1H3,(H2,12,16)(H,14,17)/b13-4+. The summed E-state index contributed by atoms with van der Waals surface area (Å²) in [6, 6.07) is 3.05. The van der Waals surface area contributed by atoms with Gasteiger partial charge in [-0.25, -0.2) is 5.43 Å². The molecule has 0 spiro atoms. The van der Waals surface area contributed by atoms with Crippen LogP contribution >= 0.6 is 15.9 Å². The van der Waals surface area contributed by atoms with Crippen LogP contribution in [0.3, 0.4) is 0 Å². The maximum absolute atomic E-state index is 10.8. The van der Waals surface area contributed by atoms with Crippen LogP contribution < -0.4 is 15.9 Å². The summed E-state index contributed by atoms with van der Waals surface area (Å²) in [6.07, 6.45) is 1.27. The van der Waals surface area contributed by atoms with E-state index >= 15 is 0 Å². The van der Waals surface area contributed by atoms with Gasteiger partial charge < -0.3 is 15.6 Å². The SMILES string of the molecule is COc1cc(/C=N/NC(=O)C(N)=O)cc(Br)c1O. The number of aromatic hydroxyl groups is 1. The summed E-state index contributed by atoms with van der Waals surface area (Å²) < 4.78 is 5.34. The number of methoxy groups -OCH3 is 1. The van der Waals surface area contributed by atoms with Gasteiger partial charge in [-0.3, -0.25) is 9.59 Å². The van der Waals surface area contributed by atoms with Crippen LogP contribution in [0.2, 0.25) is 0 Å². The number of carbonyl (C=O) groups is 2. The third-order valence-electron chi connectivity index (χ3n) is 1.87. The van der Waals surface area contributed by atoms with Crippen molar-refractivity contribution in [3.63, 3.8) is 0 Å². The molecule has 1 rings (SSSR count). The van der Waals surface area contributed by atoms with Gasteiger partial charge in [-0.15, -0.1) is 0 Å². The Balaban J connectivity index is 2.85. The summed E-state index contributed by atoms with van der Waals surface area (Å²) in [5.74, 6) is -1.95. The summed E-state index contributed by atoms with van der Waals surface area (Å²) in [5.41, 5.74) is 7.20. The van der Waals surface area contributed by atoms with Crippen molar-refractivity contribution < 1.29 is 19.4 Å². The molecule has 0 aliphatic carbocycles. The number of nitrogens with zero attached hydrogens (tertiary/aromatic N) is 1. The lowest BCUT2D eigenvalue weighted by Crippen LogP contribution is -2.32. The van der Waals surface area contributed by atoms with Crippen LogP contribution in [0.1, 0.15) is 5.56 Å². The fraction of sp³-hybridized carbons (Fsp3) is 0.100. The third kappa shape index (κ3) is 3.45. The monoisotopic (exact) mass is 315 g/mol. The fourth-order valence-corrected chi connectivity index (χ4v) is 1.50. The first kappa shape index (κ1) is 14.0. The third-order valence-corrected chi connectivity index (χ3v) is 2.48. The lowest BCUT2D eigenvalue weighted by atomic mass is 10.2. The average Bonchev–Trinajstić information content (AvgIpc) is 2.33. The molecule has 0 saturated heterocycles. The normalized spacial score (nSPS) is 10.3. The van der Waals surface area contributed by atoms with E-state index in [9.17, 15) is 14.7 Å². The number of benzene rings is 1. The van der Waals surface area contributed by atoms with Crippen molar-refractivity contribution in [1.29, 1.82) is 0 Å². The van der Waals surface area contributed by atoms with Gasteiger partial charge in [0.2, 0.25) is 0 Å². The number of hydrogen-bond acceptors (Lipinski definition) is 5. The summed E-state index contributed by atoms with van der Waals surface area (Å²) >= 11 is 3.13. The molecule has 96 valence electrons. The number of halogens is 1. The van der Waals surface area contributed by atoms with Gasteiger partial charge >= 0.3 is 11.8 Å². The Kier molecular flexibility index (Phi) is 4.67. The molecule has 0 fully saturated rings. The highest BCUT2D eigenvalue weighted by Crippen LogP contribution is 2.34. The molecule has 2 amide bonds. The zero-order valence-electron chi connectivity index (χ0n) is 9.31. The molecule has 1 aromatic carbocycles. The van der Waals surface area contributed by atoms with Crippen LogP contribution in [0.4, 0.5) is 0 Å². The number of ether oxygens (including phenoxy) is 1. The van der Waals surface area contributed by atoms with Crippen molar-refractivity contribution in [1.82, 2.24) is 5.43 Å². The minimum Gasteiger partial charge on any atom is -0.503 e. The molecule has 4 N–H and O–H groups in total. The molecule has 7 nitrogen and oxygen atoms in total. The average molecular weight is 316 g/mol. The maximum Gasteiger partial charge on any atom is 0.329 e. The highest BCUT2D eigenvalue weighted by Gasteiger charge is 2.08. The highest BCUT2D eigenvalue weighted by atomic mass is 79.9. The Morgan fingerprint density at radius 2 is 2.22 bits per heavy atom. The molecule has 1 aromatic rings. The second-order valence-electron chi connectivity index (χ2n) is 3.12. The van der Waals surface area contributed by atoms with Gasteiger partial charge in [0, 0.05) is 0 Å². The zero-order valence-corrected chi connectivity index (χ0v) is 10.9. The molecule has 18 heavy (non-hydrogen) atoms. The lowest BCUT2D eigenvalue weighted by Gasteiger charge is -2.06. The fourth-order valence-electron chi connectivity index (χ4n) is 1.04. The molecule has 0 aromatic heterocycles. The minimum absolute atomic E-state index is 0.0455. The summed E-state index contributed by atoms with van der Waals surface area (Å²) in [4.78, 5) is 21.2. The van der Waals surface area contributed by atoms with E-state index in [2.05, 4.69) is 21.0 Å². The number of primary amides is 1. The van der Waals surface area contributed by atoms with Crippen LogP contribution in [0, 0.1) is 0 Å². The zero-order chi connectivity index (χ0) is 13.7. The van der Waals surface area contributed by atoms with E-state index in [1.54, 1.807) is 6.07 Å². The number of nitrogens with two attached hydrogens (primary N) is 1. The predicted molar refractivity (Wildman–Crippen MR) is 67.3 cm³/mol. The Hall–Kier alpha value is -2.09. The van der Waals surface area contributed by atoms with Gasteiger partial charge in [-0.1, -0.05) is 0 Å². The van der Waals surface area contributed by atoms with E-state index in [0.717, 1.165) is 0 Å². The van der Waals surface area contributed by atoms with Crippen molar-refractivity contribution in [3.8, 4) is 11.5 Å². The smallest absolute Gasteiger partial charge is 0.329 e. The van der Waals surface area contributed by atoms with Crippen molar-refractivity contribution >= 4 is 34.0 Å². The molecular weight excluding hydrogens is 306 g/mol. The van der Waals surface area contributed by atoms with Crippen LogP contribution in [-0.4, -0.2) is 30.2 Å². The van der Waals surface area contributed by atoms with Crippen LogP contribution in [0.5, 0.6) is 11.5 Å². The first-order valence-electron chi connectivity index (χ1n) is 4.65. The molecule has 0 saturated carbocycles. The number of phenols is 1. The first-order valence-corrected chi connectivity index (χ1v) is 5.44. The maximum atomic E-state index is 10.8. The molecule has 0 atom stereocenters. The number of hydrazone groups is 1. The van der Waals surface area contributed by atoms with Crippen molar-refractivity contribution in [2.45, 2.75) is 0 Å². The Labute approximate surface area is 111 Å². The molecule has 0 heterocycles. The van der Waals surface area contributed by atoms with Gasteiger partial charge in [0.05, 0.1) is 17.8 Å². The first-order chi connectivity index (χ1) is 8.45. The molecule has 0 aliphatic rings. The molecular formula is C10H10BrN3O4. The van der Waals surface area contributed by atoms with E-state index < -0.39 is 11.8 Å². The molecule has 0 radical (unpaired) electrons. The van der Waals surface area contributed by atoms with Gasteiger partial charge in [0.15, 0.2) is 11.5 Å². The van der Waals surface area contributed by atoms with Gasteiger partial charge in [0.25, 0.3) is 0 Å². The quantitative estimate of drug-likeness (QED) is 0.417. The lowest BCUT2D eigenvalue weighted by molar-refractivity contribution is -0.137. The predicted octanol–water partition coefficient (Wildman–Crippen LogP) is 0.0987. The van der Waals surface area contributed by atoms with Crippen molar-refractivity contribution in [2.75, 3.05) is 7.11 Å². The Morgan fingerprint density at radius 1 is 1.56 bits per heavy atom. The van der Waals surface area contributed by atoms with Crippen molar-refractivity contribution in [2.24, 2.45) is 10.8 Å². The van der Waals surface area contributed by atoms with E-state index in [0.29, 0.717) is 10.0 Å². The minimum atomic E-state index is -1.13. The van der Waals surface area contributed by atoms with Crippen LogP contribution in [0.25, 0.3) is 0 Å². The van der Waals surface area contributed by atoms with E-state index in [1.807, 2.05) is 5.43 Å².